The van der Waals surface area contributed by atoms with Crippen molar-refractivity contribution in [3.05, 3.63) is 30.2 Å². The summed E-state index contributed by atoms with van der Waals surface area (Å²) in [5.74, 6) is 2.40. The summed E-state index contributed by atoms with van der Waals surface area (Å²) >= 11 is 0. The normalized spacial score (nSPS) is 19.9. The minimum atomic E-state index is -0.0988. The Bertz CT molecular complexity index is 778. The van der Waals surface area contributed by atoms with Gasteiger partial charge in [-0.1, -0.05) is 11.6 Å². The van der Waals surface area contributed by atoms with E-state index in [1.54, 1.807) is 23.4 Å². The summed E-state index contributed by atoms with van der Waals surface area (Å²) in [6.45, 7) is 4.51. The Morgan fingerprint density at radius 1 is 1.29 bits per heavy atom. The molecule has 0 aromatic carbocycles. The van der Waals surface area contributed by atoms with Crippen LogP contribution in [0.25, 0.3) is 0 Å². The van der Waals surface area contributed by atoms with E-state index in [0.717, 1.165) is 32.2 Å². The Morgan fingerprint density at radius 2 is 2.11 bits per heavy atom. The summed E-state index contributed by atoms with van der Waals surface area (Å²) in [4.78, 5) is 29.7. The number of carbonyl (C=O) groups is 1. The quantitative estimate of drug-likeness (QED) is 0.814. The fourth-order valence-corrected chi connectivity index (χ4v) is 3.65. The van der Waals surface area contributed by atoms with Crippen molar-refractivity contribution in [3.8, 4) is 0 Å². The van der Waals surface area contributed by atoms with Crippen LogP contribution >= 0.6 is 0 Å². The van der Waals surface area contributed by atoms with E-state index in [0.29, 0.717) is 43.2 Å². The summed E-state index contributed by atoms with van der Waals surface area (Å²) in [5, 5.41) is 7.20. The van der Waals surface area contributed by atoms with Gasteiger partial charge in [-0.2, -0.15) is 4.98 Å². The molecule has 150 valence electrons. The van der Waals surface area contributed by atoms with Gasteiger partial charge in [-0.15, -0.1) is 0 Å². The number of amides is 2. The first-order chi connectivity index (χ1) is 13.7. The first kappa shape index (κ1) is 18.6. The zero-order valence-corrected chi connectivity index (χ0v) is 16.3. The molecule has 1 N–H and O–H groups in total. The zero-order valence-electron chi connectivity index (χ0n) is 16.3. The lowest BCUT2D eigenvalue weighted by Gasteiger charge is -2.34. The Labute approximate surface area is 164 Å². The minimum Gasteiger partial charge on any atom is -0.339 e. The van der Waals surface area contributed by atoms with Crippen LogP contribution in [-0.4, -0.2) is 56.7 Å². The van der Waals surface area contributed by atoms with Crippen molar-refractivity contribution in [1.29, 1.82) is 0 Å². The van der Waals surface area contributed by atoms with Crippen LogP contribution in [0.1, 0.15) is 56.7 Å². The summed E-state index contributed by atoms with van der Waals surface area (Å²) in [6.07, 6.45) is 8.87. The van der Waals surface area contributed by atoms with E-state index in [4.69, 9.17) is 4.52 Å². The average Bonchev–Trinajstić information content (AvgIpc) is 3.13. The van der Waals surface area contributed by atoms with Crippen LogP contribution in [-0.2, 0) is 6.54 Å². The molecule has 2 aliphatic rings. The van der Waals surface area contributed by atoms with Crippen LogP contribution in [0.2, 0.25) is 0 Å². The molecule has 1 saturated carbocycles. The van der Waals surface area contributed by atoms with Gasteiger partial charge in [-0.05, 0) is 38.7 Å². The minimum absolute atomic E-state index is 0.0647. The van der Waals surface area contributed by atoms with Gasteiger partial charge in [-0.25, -0.2) is 14.8 Å². The van der Waals surface area contributed by atoms with Crippen molar-refractivity contribution in [2.24, 2.45) is 0 Å². The predicted molar refractivity (Wildman–Crippen MR) is 103 cm³/mol. The summed E-state index contributed by atoms with van der Waals surface area (Å²) in [5.41, 5.74) is 0. The molecule has 1 aliphatic heterocycles. The molecule has 0 spiro atoms. The maximum Gasteiger partial charge on any atom is 0.318 e. The molecule has 2 aromatic heterocycles. The molecule has 3 heterocycles. The molecular formula is C19H27N7O2. The van der Waals surface area contributed by atoms with E-state index in [1.165, 1.54) is 6.42 Å². The van der Waals surface area contributed by atoms with Crippen LogP contribution < -0.4 is 10.2 Å². The second-order valence-electron chi connectivity index (χ2n) is 7.47. The van der Waals surface area contributed by atoms with Crippen molar-refractivity contribution >= 4 is 12.0 Å². The number of carbonyl (C=O) groups excluding carboxylic acids is 1. The molecule has 2 fully saturated rings. The number of aromatic nitrogens is 4. The standard InChI is InChI=1S/C19H27N7O2/c1-2-25(13-16-23-17(28-24-16)14-6-3-7-14)19(27)22-15-8-4-11-26(12-15)18-20-9-5-10-21-18/h5,9-10,14-15H,2-4,6-8,11-13H2,1H3,(H,22,27)/t15-/m0/s1. The molecule has 0 bridgehead atoms. The van der Waals surface area contributed by atoms with E-state index >= 15 is 0 Å². The largest absolute Gasteiger partial charge is 0.339 e. The monoisotopic (exact) mass is 385 g/mol. The zero-order chi connectivity index (χ0) is 19.3. The summed E-state index contributed by atoms with van der Waals surface area (Å²) in [6, 6.07) is 1.77. The molecule has 1 atom stereocenters. The highest BCUT2D eigenvalue weighted by Crippen LogP contribution is 2.35. The van der Waals surface area contributed by atoms with Crippen molar-refractivity contribution in [1.82, 2.24) is 30.3 Å². The maximum absolute atomic E-state index is 12.8. The van der Waals surface area contributed by atoms with Crippen molar-refractivity contribution in [2.75, 3.05) is 24.5 Å². The SMILES string of the molecule is CCN(Cc1noc(C2CCC2)n1)C(=O)N[C@H]1CCCN(c2ncccn2)C1. The highest BCUT2D eigenvalue weighted by molar-refractivity contribution is 5.74. The maximum atomic E-state index is 12.8. The van der Waals surface area contributed by atoms with Crippen LogP contribution in [0, 0.1) is 0 Å². The smallest absolute Gasteiger partial charge is 0.318 e. The Morgan fingerprint density at radius 3 is 2.82 bits per heavy atom. The molecule has 1 aliphatic carbocycles. The molecule has 4 rings (SSSR count). The third-order valence-corrected chi connectivity index (χ3v) is 5.52. The lowest BCUT2D eigenvalue weighted by Crippen LogP contribution is -2.51. The van der Waals surface area contributed by atoms with Gasteiger partial charge >= 0.3 is 6.03 Å². The first-order valence-corrected chi connectivity index (χ1v) is 10.1. The number of urea groups is 1. The third kappa shape index (κ3) is 4.23. The molecular weight excluding hydrogens is 358 g/mol. The molecule has 2 aromatic rings. The molecule has 28 heavy (non-hydrogen) atoms. The number of piperidine rings is 1. The molecule has 1 saturated heterocycles. The van der Waals surface area contributed by atoms with Gasteiger partial charge in [0.15, 0.2) is 5.82 Å². The molecule has 0 radical (unpaired) electrons. The van der Waals surface area contributed by atoms with Gasteiger partial charge in [0, 0.05) is 44.0 Å². The van der Waals surface area contributed by atoms with Gasteiger partial charge in [0.05, 0.1) is 6.54 Å². The number of nitrogens with one attached hydrogen (secondary N) is 1. The van der Waals surface area contributed by atoms with Crippen molar-refractivity contribution < 1.29 is 9.32 Å². The molecule has 2 amide bonds. The summed E-state index contributed by atoms with van der Waals surface area (Å²) < 4.78 is 5.37. The molecule has 9 nitrogen and oxygen atoms in total. The van der Waals surface area contributed by atoms with Crippen LogP contribution in [0.3, 0.4) is 0 Å². The molecule has 9 heteroatoms. The second-order valence-corrected chi connectivity index (χ2v) is 7.47. The van der Waals surface area contributed by atoms with Gasteiger partial charge < -0.3 is 19.6 Å². The number of rotatable bonds is 6. The van der Waals surface area contributed by atoms with Crippen molar-refractivity contribution in [2.45, 2.75) is 57.5 Å². The fraction of sp³-hybridized carbons (Fsp3) is 0.632. The third-order valence-electron chi connectivity index (χ3n) is 5.52. The van der Waals surface area contributed by atoms with E-state index < -0.39 is 0 Å². The van der Waals surface area contributed by atoms with Gasteiger partial charge in [-0.3, -0.25) is 0 Å². The number of nitrogens with zero attached hydrogens (tertiary/aromatic N) is 6. The predicted octanol–water partition coefficient (Wildman–Crippen LogP) is 2.33. The van der Waals surface area contributed by atoms with Gasteiger partial charge in [0.25, 0.3) is 0 Å². The lowest BCUT2D eigenvalue weighted by molar-refractivity contribution is 0.190. The van der Waals surface area contributed by atoms with Crippen LogP contribution in [0.15, 0.2) is 23.0 Å². The number of hydrogen-bond donors (Lipinski definition) is 1. The van der Waals surface area contributed by atoms with Crippen LogP contribution in [0.4, 0.5) is 10.7 Å². The second kappa shape index (κ2) is 8.53. The van der Waals surface area contributed by atoms with E-state index in [1.807, 2.05) is 6.92 Å². The Balaban J connectivity index is 1.32. The number of anilines is 1. The van der Waals surface area contributed by atoms with E-state index in [-0.39, 0.29) is 12.1 Å². The highest BCUT2D eigenvalue weighted by Gasteiger charge is 2.27. The highest BCUT2D eigenvalue weighted by atomic mass is 16.5. The Hall–Kier alpha value is -2.71. The van der Waals surface area contributed by atoms with Gasteiger partial charge in [0.2, 0.25) is 11.8 Å². The van der Waals surface area contributed by atoms with Crippen LogP contribution in [0.5, 0.6) is 0 Å². The average molecular weight is 385 g/mol. The Kier molecular flexibility index (Phi) is 5.68. The van der Waals surface area contributed by atoms with E-state index in [2.05, 4.69) is 30.3 Å². The molecule has 0 unspecified atom stereocenters. The van der Waals surface area contributed by atoms with Gasteiger partial charge in [0.1, 0.15) is 0 Å². The van der Waals surface area contributed by atoms with E-state index in [9.17, 15) is 4.79 Å². The fourth-order valence-electron chi connectivity index (χ4n) is 3.65. The van der Waals surface area contributed by atoms with Crippen molar-refractivity contribution in [3.63, 3.8) is 0 Å². The lowest BCUT2D eigenvalue weighted by atomic mass is 9.85. The topological polar surface area (TPSA) is 100 Å². The number of hydrogen-bond acceptors (Lipinski definition) is 7. The summed E-state index contributed by atoms with van der Waals surface area (Å²) in [7, 11) is 0. The first-order valence-electron chi connectivity index (χ1n) is 10.1.